The van der Waals surface area contributed by atoms with Crippen molar-refractivity contribution in [3.63, 3.8) is 0 Å². The lowest BCUT2D eigenvalue weighted by molar-refractivity contribution is 0.669. The maximum atomic E-state index is 9.98. The Hall–Kier alpha value is -6.70. The van der Waals surface area contributed by atoms with Crippen LogP contribution >= 0.6 is 0 Å². The molecule has 0 amide bonds. The summed E-state index contributed by atoms with van der Waals surface area (Å²) >= 11 is 0. The molecule has 1 nitrogen and oxygen atoms in total. The van der Waals surface area contributed by atoms with Crippen molar-refractivity contribution in [3.05, 3.63) is 194 Å². The van der Waals surface area contributed by atoms with Crippen molar-refractivity contribution in [1.82, 2.24) is 0 Å². The molecule has 238 valence electrons. The predicted molar refractivity (Wildman–Crippen MR) is 216 cm³/mol. The van der Waals surface area contributed by atoms with E-state index in [-0.39, 0.29) is 35.8 Å². The molecule has 10 aromatic rings. The van der Waals surface area contributed by atoms with Gasteiger partial charge in [0.15, 0.2) is 0 Å². The first-order valence-corrected chi connectivity index (χ1v) is 16.9. The third kappa shape index (κ3) is 4.86. The number of rotatable bonds is 5. The van der Waals surface area contributed by atoms with Crippen LogP contribution in [0.25, 0.3) is 99.1 Å². The molecule has 0 fully saturated rings. The predicted octanol–water partition coefficient (Wildman–Crippen LogP) is 14.2. The smallest absolute Gasteiger partial charge is 0.136 e. The van der Waals surface area contributed by atoms with Crippen LogP contribution in [0, 0.1) is 0 Å². The first-order chi connectivity index (χ1) is 28.7. The SMILES string of the molecule is [2H]c1c([2H])c([2H])c(-c2ccc3oc4cccc(-c5c6ccccc6c(-c6c([2H])c([2H])c(-c7ccccc7)c(-c7ccccc7)c6[2H])c6ccccc56)c4c3c2)c([2H])c1[2H]. The van der Waals surface area contributed by atoms with Gasteiger partial charge in [-0.3, -0.25) is 0 Å². The van der Waals surface area contributed by atoms with Crippen LogP contribution in [-0.2, 0) is 0 Å². The van der Waals surface area contributed by atoms with E-state index in [2.05, 4.69) is 0 Å². The highest BCUT2D eigenvalue weighted by Crippen LogP contribution is 2.48. The van der Waals surface area contributed by atoms with Crippen LogP contribution in [0.5, 0.6) is 0 Å². The molecule has 0 saturated carbocycles. The van der Waals surface area contributed by atoms with Gasteiger partial charge in [0, 0.05) is 10.8 Å². The van der Waals surface area contributed by atoms with Gasteiger partial charge in [0.25, 0.3) is 0 Å². The standard InChI is InChI=1S/C50H32O/c1-4-15-33(16-5-1)36-28-30-46-45(31-36)50-43(25-14-26-47(50)51-46)49-41-23-12-10-21-39(41)48(40-22-11-13-24-42(40)49)37-27-29-38(34-17-6-2-7-18-34)44(32-37)35-19-8-3-9-20-35/h1-32H/i1D,4D,5D,15D,16D,27D,29D,32D. The van der Waals surface area contributed by atoms with E-state index in [0.717, 1.165) is 54.6 Å². The third-order valence-corrected chi connectivity index (χ3v) is 9.67. The molecule has 0 aliphatic rings. The molecule has 1 heterocycles. The molecular weight excluding hydrogens is 617 g/mol. The van der Waals surface area contributed by atoms with Crippen LogP contribution in [0.2, 0.25) is 0 Å². The highest BCUT2D eigenvalue weighted by molar-refractivity contribution is 6.26. The molecule has 0 spiro atoms. The number of fused-ring (bicyclic) bond motifs is 5. The van der Waals surface area contributed by atoms with E-state index in [1.165, 1.54) is 0 Å². The van der Waals surface area contributed by atoms with Crippen molar-refractivity contribution in [2.75, 3.05) is 0 Å². The fourth-order valence-electron chi connectivity index (χ4n) is 7.45. The highest BCUT2D eigenvalue weighted by Gasteiger charge is 2.21. The molecule has 0 bridgehead atoms. The second-order valence-electron chi connectivity index (χ2n) is 12.6. The minimum absolute atomic E-state index is 0.0281. The lowest BCUT2D eigenvalue weighted by Gasteiger charge is -2.19. The third-order valence-electron chi connectivity index (χ3n) is 9.67. The van der Waals surface area contributed by atoms with E-state index in [1.54, 1.807) is 12.1 Å². The van der Waals surface area contributed by atoms with Gasteiger partial charge in [0.05, 0.1) is 11.0 Å². The lowest BCUT2D eigenvalue weighted by Crippen LogP contribution is -1.93. The van der Waals surface area contributed by atoms with Crippen molar-refractivity contribution in [3.8, 4) is 55.6 Å². The molecule has 0 aliphatic carbocycles. The average Bonchev–Trinajstić information content (AvgIpc) is 3.65. The molecule has 51 heavy (non-hydrogen) atoms. The number of furan rings is 1. The maximum absolute atomic E-state index is 9.98. The quantitative estimate of drug-likeness (QED) is 0.168. The van der Waals surface area contributed by atoms with E-state index in [1.807, 2.05) is 133 Å². The van der Waals surface area contributed by atoms with Crippen LogP contribution in [0.1, 0.15) is 11.0 Å². The molecule has 0 N–H and O–H groups in total. The molecule has 9 aromatic carbocycles. The summed E-state index contributed by atoms with van der Waals surface area (Å²) in [5.41, 5.74) is 7.34. The summed E-state index contributed by atoms with van der Waals surface area (Å²) in [5, 5.41) is 4.92. The van der Waals surface area contributed by atoms with Gasteiger partial charge in [-0.1, -0.05) is 170 Å². The van der Waals surface area contributed by atoms with Crippen LogP contribution in [-0.4, -0.2) is 0 Å². The number of benzene rings is 9. The molecule has 0 radical (unpaired) electrons. The van der Waals surface area contributed by atoms with Crippen molar-refractivity contribution in [2.24, 2.45) is 0 Å². The molecule has 0 saturated heterocycles. The zero-order valence-electron chi connectivity index (χ0n) is 35.3. The maximum Gasteiger partial charge on any atom is 0.136 e. The van der Waals surface area contributed by atoms with Crippen LogP contribution in [0.4, 0.5) is 0 Å². The first-order valence-electron chi connectivity index (χ1n) is 20.9. The molecule has 1 aromatic heterocycles. The molecule has 1 heteroatoms. The van der Waals surface area contributed by atoms with E-state index >= 15 is 0 Å². The van der Waals surface area contributed by atoms with Crippen LogP contribution in [0.15, 0.2) is 198 Å². The molecule has 0 atom stereocenters. The Balaban J connectivity index is 1.30. The summed E-state index contributed by atoms with van der Waals surface area (Å²) in [6.45, 7) is 0. The summed E-state index contributed by atoms with van der Waals surface area (Å²) in [6, 6.07) is 44.8. The molecule has 10 rings (SSSR count). The van der Waals surface area contributed by atoms with Gasteiger partial charge >= 0.3 is 0 Å². The Morgan fingerprint density at radius 3 is 1.63 bits per heavy atom. The average molecular weight is 657 g/mol. The van der Waals surface area contributed by atoms with Gasteiger partial charge in [0.1, 0.15) is 11.2 Å². The molecule has 0 aliphatic heterocycles. The second-order valence-corrected chi connectivity index (χ2v) is 12.6. The van der Waals surface area contributed by atoms with Gasteiger partial charge < -0.3 is 4.42 Å². The highest BCUT2D eigenvalue weighted by atomic mass is 16.3. The van der Waals surface area contributed by atoms with Crippen LogP contribution < -0.4 is 0 Å². The zero-order chi connectivity index (χ0) is 40.7. The first kappa shape index (κ1) is 22.1. The van der Waals surface area contributed by atoms with Crippen molar-refractivity contribution in [2.45, 2.75) is 0 Å². The van der Waals surface area contributed by atoms with E-state index in [4.69, 9.17) is 11.3 Å². The normalized spacial score (nSPS) is 13.7. The Labute approximate surface area is 307 Å². The van der Waals surface area contributed by atoms with Crippen molar-refractivity contribution >= 4 is 43.5 Å². The topological polar surface area (TPSA) is 13.1 Å². The van der Waals surface area contributed by atoms with E-state index in [0.29, 0.717) is 39.0 Å². The monoisotopic (exact) mass is 656 g/mol. The minimum atomic E-state index is -0.444. The Bertz CT molecular complexity index is 3270. The second kappa shape index (κ2) is 12.0. The van der Waals surface area contributed by atoms with Gasteiger partial charge in [-0.15, -0.1) is 0 Å². The fourth-order valence-corrected chi connectivity index (χ4v) is 7.45. The fraction of sp³-hybridized carbons (Fsp3) is 0. The lowest BCUT2D eigenvalue weighted by atomic mass is 9.83. The minimum Gasteiger partial charge on any atom is -0.456 e. The molecule has 0 unspecified atom stereocenters. The zero-order valence-corrected chi connectivity index (χ0v) is 27.3. The van der Waals surface area contributed by atoms with E-state index in [9.17, 15) is 4.11 Å². The van der Waals surface area contributed by atoms with Gasteiger partial charge in [0.2, 0.25) is 0 Å². The Morgan fingerprint density at radius 2 is 0.961 bits per heavy atom. The summed E-state index contributed by atoms with van der Waals surface area (Å²) in [6.07, 6.45) is 0. The Kier molecular flexibility index (Phi) is 5.21. The summed E-state index contributed by atoms with van der Waals surface area (Å²) < 4.78 is 77.7. The Morgan fingerprint density at radius 1 is 0.353 bits per heavy atom. The van der Waals surface area contributed by atoms with Crippen molar-refractivity contribution in [1.29, 1.82) is 0 Å². The van der Waals surface area contributed by atoms with Gasteiger partial charge in [-0.05, 0) is 101 Å². The summed E-state index contributed by atoms with van der Waals surface area (Å²) in [5.74, 6) is 0. The van der Waals surface area contributed by atoms with E-state index < -0.39 is 18.1 Å². The molecular formula is C50H32O. The summed E-state index contributed by atoms with van der Waals surface area (Å²) in [7, 11) is 0. The summed E-state index contributed by atoms with van der Waals surface area (Å²) in [4.78, 5) is 0. The number of hydrogen-bond donors (Lipinski definition) is 0. The van der Waals surface area contributed by atoms with Crippen LogP contribution in [0.3, 0.4) is 0 Å². The van der Waals surface area contributed by atoms with Gasteiger partial charge in [-0.25, -0.2) is 0 Å². The largest absolute Gasteiger partial charge is 0.456 e. The van der Waals surface area contributed by atoms with Crippen molar-refractivity contribution < 1.29 is 15.4 Å². The number of hydrogen-bond acceptors (Lipinski definition) is 1. The van der Waals surface area contributed by atoms with Gasteiger partial charge in [-0.2, -0.15) is 0 Å².